The first-order valence-electron chi connectivity index (χ1n) is 10.4. The lowest BCUT2D eigenvalue weighted by Crippen LogP contribution is -2.47. The number of carbonyl (C=O) groups is 1. The number of piperazine rings is 1. The summed E-state index contributed by atoms with van der Waals surface area (Å²) in [6, 6.07) is 14.1. The van der Waals surface area contributed by atoms with E-state index >= 15 is 0 Å². The molecule has 4 rings (SSSR count). The van der Waals surface area contributed by atoms with Gasteiger partial charge in [0, 0.05) is 63.9 Å². The molecule has 0 aliphatic carbocycles. The van der Waals surface area contributed by atoms with Gasteiger partial charge in [-0.15, -0.1) is 0 Å². The van der Waals surface area contributed by atoms with Crippen molar-refractivity contribution in [2.24, 2.45) is 5.73 Å². The van der Waals surface area contributed by atoms with E-state index in [1.54, 1.807) is 11.9 Å². The zero-order valence-corrected chi connectivity index (χ0v) is 17.7. The van der Waals surface area contributed by atoms with Crippen molar-refractivity contribution in [3.8, 4) is 11.1 Å². The SMILES string of the molecule is CN(Cc1cccc(-c2cnc(N3CCN(c4ccccn4)CC3)nc2)c1)C(=O)CN. The largest absolute Gasteiger partial charge is 0.353 e. The van der Waals surface area contributed by atoms with E-state index < -0.39 is 0 Å². The Morgan fingerprint density at radius 1 is 0.968 bits per heavy atom. The molecule has 0 spiro atoms. The fraction of sp³-hybridized carbons (Fsp3) is 0.304. The van der Waals surface area contributed by atoms with Crippen LogP contribution >= 0.6 is 0 Å². The topological polar surface area (TPSA) is 91.5 Å². The van der Waals surface area contributed by atoms with Crippen LogP contribution in [0.3, 0.4) is 0 Å². The van der Waals surface area contributed by atoms with Crippen LogP contribution in [0.5, 0.6) is 0 Å². The van der Waals surface area contributed by atoms with Crippen LogP contribution in [0.25, 0.3) is 11.1 Å². The minimum absolute atomic E-state index is 0.0155. The summed E-state index contributed by atoms with van der Waals surface area (Å²) in [6.07, 6.45) is 5.55. The lowest BCUT2D eigenvalue weighted by molar-refractivity contribution is -0.128. The van der Waals surface area contributed by atoms with Gasteiger partial charge in [0.1, 0.15) is 5.82 Å². The third-order valence-corrected chi connectivity index (χ3v) is 5.45. The Balaban J connectivity index is 1.40. The van der Waals surface area contributed by atoms with Crippen LogP contribution < -0.4 is 15.5 Å². The molecule has 2 aromatic heterocycles. The molecule has 160 valence electrons. The van der Waals surface area contributed by atoms with E-state index in [9.17, 15) is 4.79 Å². The number of benzene rings is 1. The van der Waals surface area contributed by atoms with E-state index in [1.807, 2.05) is 55.0 Å². The van der Waals surface area contributed by atoms with E-state index in [2.05, 4.69) is 30.8 Å². The molecule has 1 saturated heterocycles. The maximum absolute atomic E-state index is 11.7. The average molecular weight is 418 g/mol. The van der Waals surface area contributed by atoms with Crippen LogP contribution in [0.2, 0.25) is 0 Å². The highest BCUT2D eigenvalue weighted by Gasteiger charge is 2.19. The zero-order chi connectivity index (χ0) is 21.6. The second-order valence-electron chi connectivity index (χ2n) is 7.59. The van der Waals surface area contributed by atoms with E-state index in [0.717, 1.165) is 54.6 Å². The summed E-state index contributed by atoms with van der Waals surface area (Å²) in [7, 11) is 1.76. The van der Waals surface area contributed by atoms with Gasteiger partial charge in [0.2, 0.25) is 11.9 Å². The molecule has 1 amide bonds. The summed E-state index contributed by atoms with van der Waals surface area (Å²) in [5.41, 5.74) is 8.46. The molecule has 0 bridgehead atoms. The lowest BCUT2D eigenvalue weighted by atomic mass is 10.1. The molecule has 8 nitrogen and oxygen atoms in total. The monoisotopic (exact) mass is 417 g/mol. The summed E-state index contributed by atoms with van der Waals surface area (Å²) >= 11 is 0. The number of amides is 1. The van der Waals surface area contributed by atoms with Crippen molar-refractivity contribution in [3.05, 3.63) is 66.6 Å². The molecule has 0 radical (unpaired) electrons. The molecule has 1 aliphatic rings. The third kappa shape index (κ3) is 4.97. The molecular formula is C23H27N7O. The summed E-state index contributed by atoms with van der Waals surface area (Å²) in [4.78, 5) is 31.5. The smallest absolute Gasteiger partial charge is 0.236 e. The van der Waals surface area contributed by atoms with Crippen molar-refractivity contribution in [2.45, 2.75) is 6.54 Å². The maximum Gasteiger partial charge on any atom is 0.236 e. The Hall–Kier alpha value is -3.52. The normalized spacial score (nSPS) is 13.9. The highest BCUT2D eigenvalue weighted by atomic mass is 16.2. The Bertz CT molecular complexity index is 1000. The van der Waals surface area contributed by atoms with Gasteiger partial charge in [-0.1, -0.05) is 24.3 Å². The van der Waals surface area contributed by atoms with Crippen LogP contribution in [0.1, 0.15) is 5.56 Å². The fourth-order valence-corrected chi connectivity index (χ4v) is 3.68. The highest BCUT2D eigenvalue weighted by Crippen LogP contribution is 2.22. The molecule has 0 saturated carbocycles. The summed E-state index contributed by atoms with van der Waals surface area (Å²) in [6.45, 7) is 4.02. The van der Waals surface area contributed by atoms with Gasteiger partial charge in [-0.3, -0.25) is 4.79 Å². The molecule has 8 heteroatoms. The van der Waals surface area contributed by atoms with E-state index in [1.165, 1.54) is 0 Å². The Morgan fingerprint density at radius 2 is 1.71 bits per heavy atom. The number of hydrogen-bond acceptors (Lipinski definition) is 7. The van der Waals surface area contributed by atoms with Crippen LogP contribution in [-0.2, 0) is 11.3 Å². The van der Waals surface area contributed by atoms with Gasteiger partial charge in [-0.2, -0.15) is 0 Å². The molecule has 3 aromatic rings. The molecule has 2 N–H and O–H groups in total. The molecule has 3 heterocycles. The molecule has 0 atom stereocenters. The van der Waals surface area contributed by atoms with E-state index in [-0.39, 0.29) is 12.5 Å². The van der Waals surface area contributed by atoms with Crippen molar-refractivity contribution in [3.63, 3.8) is 0 Å². The number of aromatic nitrogens is 3. The zero-order valence-electron chi connectivity index (χ0n) is 17.7. The molecular weight excluding hydrogens is 390 g/mol. The van der Waals surface area contributed by atoms with Crippen molar-refractivity contribution in [1.82, 2.24) is 19.9 Å². The van der Waals surface area contributed by atoms with Crippen molar-refractivity contribution in [2.75, 3.05) is 49.6 Å². The summed E-state index contributed by atoms with van der Waals surface area (Å²) < 4.78 is 0. The number of nitrogens with two attached hydrogens (primary N) is 1. The average Bonchev–Trinajstić information content (AvgIpc) is 2.84. The second-order valence-corrected chi connectivity index (χ2v) is 7.59. The van der Waals surface area contributed by atoms with E-state index in [0.29, 0.717) is 6.54 Å². The van der Waals surface area contributed by atoms with Gasteiger partial charge >= 0.3 is 0 Å². The number of hydrogen-bond donors (Lipinski definition) is 1. The van der Waals surface area contributed by atoms with Gasteiger partial charge in [0.25, 0.3) is 0 Å². The van der Waals surface area contributed by atoms with Crippen molar-refractivity contribution >= 4 is 17.7 Å². The number of rotatable bonds is 6. The number of carbonyl (C=O) groups excluding carboxylic acids is 1. The first kappa shape index (κ1) is 20.7. The summed E-state index contributed by atoms with van der Waals surface area (Å²) in [5, 5.41) is 0. The Kier molecular flexibility index (Phi) is 6.37. The van der Waals surface area contributed by atoms with Crippen molar-refractivity contribution in [1.29, 1.82) is 0 Å². The fourth-order valence-electron chi connectivity index (χ4n) is 3.68. The molecule has 1 aromatic carbocycles. The predicted molar refractivity (Wildman–Crippen MR) is 122 cm³/mol. The molecule has 1 fully saturated rings. The van der Waals surface area contributed by atoms with Crippen LogP contribution in [0.15, 0.2) is 61.1 Å². The number of likely N-dealkylation sites (N-methyl/N-ethyl adjacent to an activating group) is 1. The highest BCUT2D eigenvalue weighted by molar-refractivity contribution is 5.77. The molecule has 31 heavy (non-hydrogen) atoms. The minimum Gasteiger partial charge on any atom is -0.353 e. The lowest BCUT2D eigenvalue weighted by Gasteiger charge is -2.35. The number of pyridine rings is 1. The number of nitrogens with zero attached hydrogens (tertiary/aromatic N) is 6. The standard InChI is InChI=1S/C23H27N7O/c1-28(22(31)14-24)17-18-5-4-6-19(13-18)20-15-26-23(27-16-20)30-11-9-29(10-12-30)21-7-2-3-8-25-21/h2-8,13,15-16H,9-12,14,17,24H2,1H3. The van der Waals surface area contributed by atoms with E-state index in [4.69, 9.17) is 5.73 Å². The molecule has 0 unspecified atom stereocenters. The van der Waals surface area contributed by atoms with Crippen LogP contribution in [0, 0.1) is 0 Å². The van der Waals surface area contributed by atoms with Crippen molar-refractivity contribution < 1.29 is 4.79 Å². The Morgan fingerprint density at radius 3 is 2.39 bits per heavy atom. The molecule has 1 aliphatic heterocycles. The maximum atomic E-state index is 11.7. The van der Waals surface area contributed by atoms with Gasteiger partial charge in [0.05, 0.1) is 6.54 Å². The first-order chi connectivity index (χ1) is 15.1. The van der Waals surface area contributed by atoms with Crippen LogP contribution in [0.4, 0.5) is 11.8 Å². The predicted octanol–water partition coefficient (Wildman–Crippen LogP) is 1.78. The summed E-state index contributed by atoms with van der Waals surface area (Å²) in [5.74, 6) is 1.67. The van der Waals surface area contributed by atoms with Crippen LogP contribution in [-0.4, -0.2) is 65.5 Å². The third-order valence-electron chi connectivity index (χ3n) is 5.45. The number of anilines is 2. The minimum atomic E-state index is -0.0822. The van der Waals surface area contributed by atoms with Gasteiger partial charge in [-0.05, 0) is 29.3 Å². The van der Waals surface area contributed by atoms with Gasteiger partial charge in [0.15, 0.2) is 0 Å². The quantitative estimate of drug-likeness (QED) is 0.654. The first-order valence-corrected chi connectivity index (χ1v) is 10.4. The van der Waals surface area contributed by atoms with Gasteiger partial charge < -0.3 is 20.4 Å². The second kappa shape index (κ2) is 9.53. The Labute approximate surface area is 182 Å². The van der Waals surface area contributed by atoms with Gasteiger partial charge in [-0.25, -0.2) is 15.0 Å².